The zero-order chi connectivity index (χ0) is 31.1. The molecule has 2 heterocycles. The highest BCUT2D eigenvalue weighted by molar-refractivity contribution is 5.90. The second-order valence-electron chi connectivity index (χ2n) is 13.7. The van der Waals surface area contributed by atoms with Crippen molar-refractivity contribution in [2.75, 3.05) is 0 Å². The Hall–Kier alpha value is -0.950. The molecule has 6 unspecified atom stereocenters. The van der Waals surface area contributed by atoms with E-state index in [-0.39, 0.29) is 30.4 Å². The molecule has 0 amide bonds. The lowest BCUT2D eigenvalue weighted by Gasteiger charge is -2.22. The standard InChI is InChI=1S/C37H68O6/c1-3-4-5-6-7-8-12-15-18-21-24-33(39)35-26-27-36(43-35)34(40)25-22-19-16-13-10-9-11-14-17-20-23-32(38)29-31-28-30(2)42-37(31)41/h28,30,32-36,38-40H,3-27,29H2,1-2H3. The number of hydrogen-bond acceptors (Lipinski definition) is 6. The zero-order valence-corrected chi connectivity index (χ0v) is 28.0. The summed E-state index contributed by atoms with van der Waals surface area (Å²) < 4.78 is 11.2. The molecule has 2 rings (SSSR count). The zero-order valence-electron chi connectivity index (χ0n) is 28.0. The van der Waals surface area contributed by atoms with Crippen LogP contribution in [0, 0.1) is 0 Å². The molecule has 0 aliphatic carbocycles. The number of unbranched alkanes of at least 4 members (excludes halogenated alkanes) is 18. The van der Waals surface area contributed by atoms with Crippen molar-refractivity contribution in [3.8, 4) is 0 Å². The SMILES string of the molecule is CCCCCCCCCCCCC(O)C1CCC(C(O)CCCCCCCCCCCCC(O)CC2=CC(C)OC2=O)O1. The first-order chi connectivity index (χ1) is 20.9. The van der Waals surface area contributed by atoms with Gasteiger partial charge in [-0.15, -0.1) is 0 Å². The summed E-state index contributed by atoms with van der Waals surface area (Å²) in [6.07, 6.45) is 29.6. The smallest absolute Gasteiger partial charge is 0.334 e. The minimum atomic E-state index is -0.449. The lowest BCUT2D eigenvalue weighted by atomic mass is 10.00. The van der Waals surface area contributed by atoms with E-state index in [4.69, 9.17) is 9.47 Å². The van der Waals surface area contributed by atoms with Crippen LogP contribution in [0.15, 0.2) is 11.6 Å². The van der Waals surface area contributed by atoms with Gasteiger partial charge in [-0.2, -0.15) is 0 Å². The van der Waals surface area contributed by atoms with E-state index in [2.05, 4.69) is 6.92 Å². The second kappa shape index (κ2) is 24.3. The van der Waals surface area contributed by atoms with Crippen molar-refractivity contribution in [1.82, 2.24) is 0 Å². The molecule has 3 N–H and O–H groups in total. The van der Waals surface area contributed by atoms with Crippen LogP contribution in [0.1, 0.15) is 181 Å². The number of aliphatic hydroxyl groups is 3. The van der Waals surface area contributed by atoms with Gasteiger partial charge >= 0.3 is 5.97 Å². The van der Waals surface area contributed by atoms with Crippen molar-refractivity contribution in [2.24, 2.45) is 0 Å². The van der Waals surface area contributed by atoms with Crippen LogP contribution in [0.25, 0.3) is 0 Å². The molecule has 0 aromatic rings. The molecule has 0 aromatic heterocycles. The molecule has 0 spiro atoms. The Bertz CT molecular complexity index is 724. The molecule has 252 valence electrons. The molecule has 43 heavy (non-hydrogen) atoms. The monoisotopic (exact) mass is 609 g/mol. The molecule has 0 bridgehead atoms. The van der Waals surface area contributed by atoms with Gasteiger partial charge < -0.3 is 24.8 Å². The maximum Gasteiger partial charge on any atom is 0.334 e. The van der Waals surface area contributed by atoms with E-state index in [0.29, 0.717) is 12.0 Å². The lowest BCUT2D eigenvalue weighted by Crippen LogP contribution is -2.31. The fourth-order valence-electron chi connectivity index (χ4n) is 6.75. The number of carbonyl (C=O) groups excluding carboxylic acids is 1. The summed E-state index contributed by atoms with van der Waals surface area (Å²) in [5, 5.41) is 31.4. The van der Waals surface area contributed by atoms with Gasteiger partial charge in [0.05, 0.1) is 30.5 Å². The van der Waals surface area contributed by atoms with Crippen molar-refractivity contribution in [1.29, 1.82) is 0 Å². The van der Waals surface area contributed by atoms with Crippen molar-refractivity contribution >= 4 is 5.97 Å². The first-order valence-electron chi connectivity index (χ1n) is 18.5. The normalized spacial score (nSPS) is 22.5. The van der Waals surface area contributed by atoms with Gasteiger partial charge in [0.2, 0.25) is 0 Å². The van der Waals surface area contributed by atoms with Gasteiger partial charge in [0.15, 0.2) is 0 Å². The summed E-state index contributed by atoms with van der Waals surface area (Å²) in [6.45, 7) is 4.11. The summed E-state index contributed by atoms with van der Waals surface area (Å²) in [6, 6.07) is 0. The largest absolute Gasteiger partial charge is 0.455 e. The molecule has 2 aliphatic rings. The molecule has 6 heteroatoms. The maximum absolute atomic E-state index is 11.6. The summed E-state index contributed by atoms with van der Waals surface area (Å²) in [5.41, 5.74) is 0.625. The first-order valence-corrected chi connectivity index (χ1v) is 18.5. The molecule has 0 radical (unpaired) electrons. The molecule has 0 aromatic carbocycles. The van der Waals surface area contributed by atoms with E-state index in [9.17, 15) is 20.1 Å². The molecule has 0 saturated carbocycles. The van der Waals surface area contributed by atoms with E-state index in [1.165, 1.54) is 96.3 Å². The van der Waals surface area contributed by atoms with Crippen LogP contribution < -0.4 is 0 Å². The summed E-state index contributed by atoms with van der Waals surface area (Å²) in [4.78, 5) is 11.6. The lowest BCUT2D eigenvalue weighted by molar-refractivity contribution is -0.139. The van der Waals surface area contributed by atoms with E-state index in [1.54, 1.807) is 0 Å². The minimum absolute atomic E-state index is 0.0949. The van der Waals surface area contributed by atoms with E-state index < -0.39 is 12.2 Å². The molecule has 6 nitrogen and oxygen atoms in total. The van der Waals surface area contributed by atoms with Gasteiger partial charge in [-0.25, -0.2) is 4.79 Å². The van der Waals surface area contributed by atoms with Gasteiger partial charge in [-0.1, -0.05) is 135 Å². The average molecular weight is 609 g/mol. The van der Waals surface area contributed by atoms with Crippen molar-refractivity contribution in [3.05, 3.63) is 11.6 Å². The van der Waals surface area contributed by atoms with Crippen LogP contribution in [0.5, 0.6) is 0 Å². The van der Waals surface area contributed by atoms with Crippen molar-refractivity contribution in [3.63, 3.8) is 0 Å². The Morgan fingerprint density at radius 3 is 1.44 bits per heavy atom. The Morgan fingerprint density at radius 1 is 0.651 bits per heavy atom. The van der Waals surface area contributed by atoms with E-state index >= 15 is 0 Å². The van der Waals surface area contributed by atoms with Crippen LogP contribution >= 0.6 is 0 Å². The highest BCUT2D eigenvalue weighted by Crippen LogP contribution is 2.28. The summed E-state index contributed by atoms with van der Waals surface area (Å²) in [5.74, 6) is -0.273. The fraction of sp³-hybridized carbons (Fsp3) is 0.919. The molecular weight excluding hydrogens is 540 g/mol. The van der Waals surface area contributed by atoms with Gasteiger partial charge in [-0.3, -0.25) is 0 Å². The number of rotatable bonds is 28. The van der Waals surface area contributed by atoms with Gasteiger partial charge in [0, 0.05) is 12.0 Å². The van der Waals surface area contributed by atoms with E-state index in [0.717, 1.165) is 64.2 Å². The minimum Gasteiger partial charge on any atom is -0.455 e. The van der Waals surface area contributed by atoms with Crippen LogP contribution in [0.3, 0.4) is 0 Å². The summed E-state index contributed by atoms with van der Waals surface area (Å²) >= 11 is 0. The topological polar surface area (TPSA) is 96.2 Å². The Balaban J connectivity index is 1.34. The van der Waals surface area contributed by atoms with Crippen LogP contribution in [0.2, 0.25) is 0 Å². The second-order valence-corrected chi connectivity index (χ2v) is 13.7. The van der Waals surface area contributed by atoms with Crippen LogP contribution in [-0.4, -0.2) is 57.9 Å². The third-order valence-corrected chi connectivity index (χ3v) is 9.53. The highest BCUT2D eigenvalue weighted by atomic mass is 16.5. The summed E-state index contributed by atoms with van der Waals surface area (Å²) in [7, 11) is 0. The number of carbonyl (C=O) groups is 1. The van der Waals surface area contributed by atoms with Gasteiger partial charge in [-0.05, 0) is 45.1 Å². The fourth-order valence-corrected chi connectivity index (χ4v) is 6.75. The van der Waals surface area contributed by atoms with Crippen LogP contribution in [0.4, 0.5) is 0 Å². The van der Waals surface area contributed by atoms with Gasteiger partial charge in [0.1, 0.15) is 6.10 Å². The first kappa shape index (κ1) is 38.2. The van der Waals surface area contributed by atoms with Crippen molar-refractivity contribution < 1.29 is 29.6 Å². The third-order valence-electron chi connectivity index (χ3n) is 9.53. The highest BCUT2D eigenvalue weighted by Gasteiger charge is 2.34. The van der Waals surface area contributed by atoms with Crippen LogP contribution in [-0.2, 0) is 14.3 Å². The molecular formula is C37H68O6. The molecule has 1 saturated heterocycles. The Labute approximate surface area is 264 Å². The predicted octanol–water partition coefficient (Wildman–Crippen LogP) is 8.87. The third kappa shape index (κ3) is 18.0. The number of ether oxygens (including phenoxy) is 2. The number of cyclic esters (lactones) is 1. The number of hydrogen-bond donors (Lipinski definition) is 3. The maximum atomic E-state index is 11.6. The predicted molar refractivity (Wildman–Crippen MR) is 176 cm³/mol. The number of esters is 1. The molecule has 2 aliphatic heterocycles. The molecule has 6 atom stereocenters. The molecule has 1 fully saturated rings. The van der Waals surface area contributed by atoms with Gasteiger partial charge in [0.25, 0.3) is 0 Å². The number of aliphatic hydroxyl groups excluding tert-OH is 3. The Kier molecular flexibility index (Phi) is 21.6. The van der Waals surface area contributed by atoms with E-state index in [1.807, 2.05) is 13.0 Å². The quantitative estimate of drug-likeness (QED) is 0.0606. The van der Waals surface area contributed by atoms with Crippen molar-refractivity contribution in [2.45, 2.75) is 217 Å². The Morgan fingerprint density at radius 2 is 1.05 bits per heavy atom. The average Bonchev–Trinajstić information content (AvgIpc) is 3.60.